The molecule has 0 aromatic rings. The predicted molar refractivity (Wildman–Crippen MR) is 98.1 cm³/mol. The van der Waals surface area contributed by atoms with Gasteiger partial charge in [-0.1, -0.05) is 70.4 Å². The lowest BCUT2D eigenvalue weighted by atomic mass is 10.1. The molecule has 0 saturated carbocycles. The molecule has 0 bridgehead atoms. The molecule has 0 saturated heterocycles. The Bertz CT molecular complexity index is 271. The van der Waals surface area contributed by atoms with E-state index in [-0.39, 0.29) is 5.91 Å². The van der Waals surface area contributed by atoms with Crippen LogP contribution in [0.25, 0.3) is 0 Å². The zero-order valence-electron chi connectivity index (χ0n) is 15.4. The van der Waals surface area contributed by atoms with E-state index >= 15 is 0 Å². The highest BCUT2D eigenvalue weighted by molar-refractivity contribution is 5.75. The van der Waals surface area contributed by atoms with E-state index in [2.05, 4.69) is 19.1 Å². The van der Waals surface area contributed by atoms with Crippen molar-refractivity contribution in [2.45, 2.75) is 96.8 Å². The number of amides is 1. The molecule has 1 amide bonds. The van der Waals surface area contributed by atoms with Gasteiger partial charge < -0.3 is 4.90 Å². The van der Waals surface area contributed by atoms with E-state index in [9.17, 15) is 4.79 Å². The van der Waals surface area contributed by atoms with E-state index in [1.807, 2.05) is 14.1 Å². The van der Waals surface area contributed by atoms with E-state index in [0.29, 0.717) is 6.42 Å². The Balaban J connectivity index is 3.16. The van der Waals surface area contributed by atoms with Crippen molar-refractivity contribution in [2.24, 2.45) is 0 Å². The van der Waals surface area contributed by atoms with Crippen LogP contribution in [0.4, 0.5) is 0 Å². The highest BCUT2D eigenvalue weighted by atomic mass is 16.2. The maximum Gasteiger partial charge on any atom is 0.222 e. The van der Waals surface area contributed by atoms with Gasteiger partial charge in [-0.2, -0.15) is 0 Å². The van der Waals surface area contributed by atoms with Crippen LogP contribution in [-0.4, -0.2) is 24.9 Å². The molecule has 0 spiro atoms. The highest BCUT2D eigenvalue weighted by Crippen LogP contribution is 2.10. The molecule has 2 heteroatoms. The summed E-state index contributed by atoms with van der Waals surface area (Å²) >= 11 is 0. The molecule has 0 aliphatic carbocycles. The summed E-state index contributed by atoms with van der Waals surface area (Å²) in [5.41, 5.74) is 0. The minimum absolute atomic E-state index is 0.262. The van der Waals surface area contributed by atoms with E-state index in [1.165, 1.54) is 77.0 Å². The molecule has 0 aromatic heterocycles. The Kier molecular flexibility index (Phi) is 16.0. The second-order valence-corrected chi connectivity index (χ2v) is 6.62. The van der Waals surface area contributed by atoms with Crippen LogP contribution < -0.4 is 0 Å². The second-order valence-electron chi connectivity index (χ2n) is 6.62. The molecule has 0 N–H and O–H groups in total. The summed E-state index contributed by atoms with van der Waals surface area (Å²) in [6.45, 7) is 2.27. The molecule has 0 aliphatic rings. The van der Waals surface area contributed by atoms with Crippen LogP contribution in [-0.2, 0) is 4.79 Å². The van der Waals surface area contributed by atoms with Gasteiger partial charge in [0.25, 0.3) is 0 Å². The number of unbranched alkanes of at least 4 members (excludes halogenated alkanes) is 11. The van der Waals surface area contributed by atoms with Crippen LogP contribution in [0.5, 0.6) is 0 Å². The average molecular weight is 310 g/mol. The van der Waals surface area contributed by atoms with Gasteiger partial charge >= 0.3 is 0 Å². The molecule has 0 aromatic carbocycles. The largest absolute Gasteiger partial charge is 0.349 e. The summed E-state index contributed by atoms with van der Waals surface area (Å²) in [5.74, 6) is 0.262. The zero-order valence-corrected chi connectivity index (χ0v) is 15.4. The van der Waals surface area contributed by atoms with Crippen molar-refractivity contribution in [3.63, 3.8) is 0 Å². The third-order valence-corrected chi connectivity index (χ3v) is 4.15. The number of hydrogen-bond acceptors (Lipinski definition) is 1. The van der Waals surface area contributed by atoms with Crippen molar-refractivity contribution in [1.29, 1.82) is 0 Å². The average Bonchev–Trinajstić information content (AvgIpc) is 2.50. The molecular formula is C20H39NO. The number of hydrogen-bond donors (Lipinski definition) is 0. The predicted octanol–water partition coefficient (Wildman–Crippen LogP) is 6.11. The fourth-order valence-electron chi connectivity index (χ4n) is 2.57. The maximum absolute atomic E-state index is 11.4. The minimum Gasteiger partial charge on any atom is -0.349 e. The molecular weight excluding hydrogens is 270 g/mol. The summed E-state index contributed by atoms with van der Waals surface area (Å²) in [7, 11) is 3.67. The lowest BCUT2D eigenvalue weighted by Crippen LogP contribution is -2.20. The summed E-state index contributed by atoms with van der Waals surface area (Å²) < 4.78 is 0. The summed E-state index contributed by atoms with van der Waals surface area (Å²) in [5, 5.41) is 0. The van der Waals surface area contributed by atoms with Crippen molar-refractivity contribution >= 4 is 5.91 Å². The van der Waals surface area contributed by atoms with Crippen LogP contribution in [0.15, 0.2) is 12.2 Å². The van der Waals surface area contributed by atoms with Gasteiger partial charge in [0.05, 0.1) is 0 Å². The standard InChI is InChI=1S/C20H39NO/c1-4-5-6-7-8-9-10-11-12-13-14-15-16-17-18-19-20(22)21(2)3/h11-12H,4-10,13-19H2,1-3H3/b12-11-. The number of carbonyl (C=O) groups excluding carboxylic acids is 1. The highest BCUT2D eigenvalue weighted by Gasteiger charge is 2.02. The Hall–Kier alpha value is -0.790. The fraction of sp³-hybridized carbons (Fsp3) is 0.850. The van der Waals surface area contributed by atoms with Crippen molar-refractivity contribution in [3.05, 3.63) is 12.2 Å². The van der Waals surface area contributed by atoms with Crippen LogP contribution in [0.2, 0.25) is 0 Å². The van der Waals surface area contributed by atoms with Crippen LogP contribution >= 0.6 is 0 Å². The molecule has 0 radical (unpaired) electrons. The summed E-state index contributed by atoms with van der Waals surface area (Å²) in [4.78, 5) is 13.1. The van der Waals surface area contributed by atoms with Gasteiger partial charge in [0.1, 0.15) is 0 Å². The van der Waals surface area contributed by atoms with Crippen LogP contribution in [0.1, 0.15) is 96.8 Å². The Labute approximate surface area is 139 Å². The molecule has 0 rings (SSSR count). The normalized spacial score (nSPS) is 11.2. The Morgan fingerprint density at radius 1 is 0.727 bits per heavy atom. The number of allylic oxidation sites excluding steroid dienone is 2. The maximum atomic E-state index is 11.4. The smallest absolute Gasteiger partial charge is 0.222 e. The fourth-order valence-corrected chi connectivity index (χ4v) is 2.57. The summed E-state index contributed by atoms with van der Waals surface area (Å²) in [6, 6.07) is 0. The van der Waals surface area contributed by atoms with E-state index < -0.39 is 0 Å². The Morgan fingerprint density at radius 3 is 1.68 bits per heavy atom. The SMILES string of the molecule is CCCCCCCC/C=C\CCCCCCCC(=O)N(C)C. The van der Waals surface area contributed by atoms with Gasteiger partial charge in [0.2, 0.25) is 5.91 Å². The number of carbonyl (C=O) groups is 1. The van der Waals surface area contributed by atoms with E-state index in [0.717, 1.165) is 6.42 Å². The van der Waals surface area contributed by atoms with Gasteiger partial charge in [-0.3, -0.25) is 4.79 Å². The quantitative estimate of drug-likeness (QED) is 0.264. The summed E-state index contributed by atoms with van der Waals surface area (Å²) in [6.07, 6.45) is 22.4. The third-order valence-electron chi connectivity index (χ3n) is 4.15. The monoisotopic (exact) mass is 309 g/mol. The Morgan fingerprint density at radius 2 is 1.18 bits per heavy atom. The van der Waals surface area contributed by atoms with Crippen molar-refractivity contribution < 1.29 is 4.79 Å². The molecule has 2 nitrogen and oxygen atoms in total. The first kappa shape index (κ1) is 21.2. The molecule has 0 heterocycles. The van der Waals surface area contributed by atoms with Gasteiger partial charge in [-0.25, -0.2) is 0 Å². The van der Waals surface area contributed by atoms with Gasteiger partial charge in [0, 0.05) is 20.5 Å². The van der Waals surface area contributed by atoms with Crippen LogP contribution in [0, 0.1) is 0 Å². The molecule has 0 unspecified atom stereocenters. The minimum atomic E-state index is 0.262. The van der Waals surface area contributed by atoms with Crippen molar-refractivity contribution in [2.75, 3.05) is 14.1 Å². The van der Waals surface area contributed by atoms with E-state index in [4.69, 9.17) is 0 Å². The molecule has 0 fully saturated rings. The lowest BCUT2D eigenvalue weighted by Gasteiger charge is -2.09. The number of rotatable bonds is 15. The molecule has 0 aliphatic heterocycles. The van der Waals surface area contributed by atoms with Crippen molar-refractivity contribution in [1.82, 2.24) is 4.90 Å². The lowest BCUT2D eigenvalue weighted by molar-refractivity contribution is -0.128. The van der Waals surface area contributed by atoms with Gasteiger partial charge in [0.15, 0.2) is 0 Å². The molecule has 22 heavy (non-hydrogen) atoms. The number of nitrogens with zero attached hydrogens (tertiary/aromatic N) is 1. The second kappa shape index (κ2) is 16.6. The first-order valence-corrected chi connectivity index (χ1v) is 9.53. The molecule has 0 atom stereocenters. The van der Waals surface area contributed by atoms with Crippen molar-refractivity contribution in [3.8, 4) is 0 Å². The third kappa shape index (κ3) is 15.6. The first-order chi connectivity index (χ1) is 10.7. The molecule has 130 valence electrons. The van der Waals surface area contributed by atoms with Crippen LogP contribution in [0.3, 0.4) is 0 Å². The topological polar surface area (TPSA) is 20.3 Å². The zero-order chi connectivity index (χ0) is 16.5. The van der Waals surface area contributed by atoms with Gasteiger partial charge in [-0.15, -0.1) is 0 Å². The first-order valence-electron chi connectivity index (χ1n) is 9.53. The van der Waals surface area contributed by atoms with E-state index in [1.54, 1.807) is 4.90 Å². The van der Waals surface area contributed by atoms with Gasteiger partial charge in [-0.05, 0) is 32.1 Å².